The molecule has 0 saturated heterocycles. The molecule has 4 rings (SSSR count). The largest absolute Gasteiger partial charge is 0.293 e. The molecular formula is C23H18N2O2S2. The molecule has 2 heterocycles. The Morgan fingerprint density at radius 3 is 2.48 bits per heavy atom. The first kappa shape index (κ1) is 19.4. The van der Waals surface area contributed by atoms with Gasteiger partial charge >= 0.3 is 0 Å². The van der Waals surface area contributed by atoms with Gasteiger partial charge in [-0.2, -0.15) is 0 Å². The third-order valence-electron chi connectivity index (χ3n) is 4.48. The van der Waals surface area contributed by atoms with Crippen LogP contribution >= 0.6 is 23.1 Å². The zero-order valence-electron chi connectivity index (χ0n) is 15.6. The van der Waals surface area contributed by atoms with Gasteiger partial charge < -0.3 is 0 Å². The molecule has 0 spiro atoms. The van der Waals surface area contributed by atoms with Crippen LogP contribution in [0.3, 0.4) is 0 Å². The quantitative estimate of drug-likeness (QED) is 0.177. The van der Waals surface area contributed by atoms with E-state index in [-0.39, 0.29) is 17.1 Å². The predicted octanol–water partition coefficient (Wildman–Crippen LogP) is 5.29. The smallest absolute Gasteiger partial charge is 0.263 e. The molecule has 0 unspecified atom stereocenters. The monoisotopic (exact) mass is 418 g/mol. The van der Waals surface area contributed by atoms with Gasteiger partial charge in [-0.25, -0.2) is 4.98 Å². The first-order valence-electron chi connectivity index (χ1n) is 9.08. The second-order valence-electron chi connectivity index (χ2n) is 6.37. The average molecular weight is 419 g/mol. The molecule has 2 aromatic heterocycles. The molecular weight excluding hydrogens is 400 g/mol. The Hall–Kier alpha value is -2.96. The maximum Gasteiger partial charge on any atom is 0.263 e. The maximum atomic E-state index is 13.3. The Bertz CT molecular complexity index is 1230. The lowest BCUT2D eigenvalue weighted by Crippen LogP contribution is -2.23. The number of fused-ring (bicyclic) bond motifs is 1. The SMILES string of the molecule is C=CCn1c(SCC(=O)c2ccccc2)nc2scc(-c3ccccc3)c2c1=O. The molecule has 4 nitrogen and oxygen atoms in total. The van der Waals surface area contributed by atoms with E-state index in [1.54, 1.807) is 22.8 Å². The number of thioether (sulfide) groups is 1. The molecule has 29 heavy (non-hydrogen) atoms. The number of Topliss-reactive ketones (excluding diaryl/α,β-unsaturated/α-hetero) is 1. The van der Waals surface area contributed by atoms with Gasteiger partial charge in [-0.05, 0) is 5.56 Å². The van der Waals surface area contributed by atoms with E-state index in [2.05, 4.69) is 6.58 Å². The van der Waals surface area contributed by atoms with E-state index >= 15 is 0 Å². The van der Waals surface area contributed by atoms with E-state index in [1.807, 2.05) is 53.9 Å². The normalized spacial score (nSPS) is 10.9. The van der Waals surface area contributed by atoms with Crippen LogP contribution in [-0.2, 0) is 6.54 Å². The fourth-order valence-electron chi connectivity index (χ4n) is 3.07. The highest BCUT2D eigenvalue weighted by molar-refractivity contribution is 7.99. The minimum atomic E-state index is -0.107. The van der Waals surface area contributed by atoms with Crippen molar-refractivity contribution in [1.82, 2.24) is 9.55 Å². The van der Waals surface area contributed by atoms with Crippen LogP contribution in [0.15, 0.2) is 88.6 Å². The van der Waals surface area contributed by atoms with E-state index in [9.17, 15) is 9.59 Å². The average Bonchev–Trinajstić information content (AvgIpc) is 3.20. The molecule has 0 bridgehead atoms. The number of hydrogen-bond acceptors (Lipinski definition) is 5. The summed E-state index contributed by atoms with van der Waals surface area (Å²) in [5, 5.41) is 3.12. The van der Waals surface area contributed by atoms with Gasteiger partial charge in [0.2, 0.25) is 0 Å². The topological polar surface area (TPSA) is 52.0 Å². The summed E-state index contributed by atoms with van der Waals surface area (Å²) < 4.78 is 1.59. The van der Waals surface area contributed by atoms with Crippen LogP contribution in [0.4, 0.5) is 0 Å². The number of carbonyl (C=O) groups excluding carboxylic acids is 1. The van der Waals surface area contributed by atoms with Gasteiger partial charge in [-0.1, -0.05) is 78.5 Å². The molecule has 0 aliphatic heterocycles. The number of carbonyl (C=O) groups is 1. The van der Waals surface area contributed by atoms with Crippen molar-refractivity contribution in [3.05, 3.63) is 94.6 Å². The molecule has 0 aliphatic rings. The number of hydrogen-bond donors (Lipinski definition) is 0. The van der Waals surface area contributed by atoms with Crippen LogP contribution in [0.25, 0.3) is 21.3 Å². The maximum absolute atomic E-state index is 13.3. The molecule has 0 saturated carbocycles. The van der Waals surface area contributed by atoms with Crippen molar-refractivity contribution in [2.24, 2.45) is 0 Å². The lowest BCUT2D eigenvalue weighted by Gasteiger charge is -2.10. The fraction of sp³-hybridized carbons (Fsp3) is 0.0870. The summed E-state index contributed by atoms with van der Waals surface area (Å²) in [7, 11) is 0. The van der Waals surface area contributed by atoms with Crippen LogP contribution in [0.1, 0.15) is 10.4 Å². The van der Waals surface area contributed by atoms with Crippen LogP contribution in [0.5, 0.6) is 0 Å². The lowest BCUT2D eigenvalue weighted by atomic mass is 10.1. The van der Waals surface area contributed by atoms with E-state index in [0.29, 0.717) is 27.5 Å². The summed E-state index contributed by atoms with van der Waals surface area (Å²) in [6, 6.07) is 19.0. The van der Waals surface area contributed by atoms with Gasteiger partial charge in [0.25, 0.3) is 5.56 Å². The van der Waals surface area contributed by atoms with Gasteiger partial charge in [0, 0.05) is 23.1 Å². The Labute approximate surface area is 176 Å². The van der Waals surface area contributed by atoms with Gasteiger partial charge in [-0.3, -0.25) is 14.2 Å². The zero-order valence-corrected chi connectivity index (χ0v) is 17.2. The molecule has 2 aromatic carbocycles. The number of ketones is 1. The second kappa shape index (κ2) is 8.59. The molecule has 0 amide bonds. The van der Waals surface area contributed by atoms with Crippen LogP contribution in [0, 0.1) is 0 Å². The molecule has 4 aromatic rings. The number of nitrogens with zero attached hydrogens (tertiary/aromatic N) is 2. The van der Waals surface area contributed by atoms with Crippen LogP contribution < -0.4 is 5.56 Å². The summed E-state index contributed by atoms with van der Waals surface area (Å²) in [6.45, 7) is 4.11. The number of aromatic nitrogens is 2. The van der Waals surface area contributed by atoms with Crippen molar-refractivity contribution >= 4 is 39.1 Å². The van der Waals surface area contributed by atoms with Crippen LogP contribution in [-0.4, -0.2) is 21.1 Å². The molecule has 0 N–H and O–H groups in total. The summed E-state index contributed by atoms with van der Waals surface area (Å²) in [4.78, 5) is 31.2. The van der Waals surface area contributed by atoms with Crippen LogP contribution in [0.2, 0.25) is 0 Å². The second-order valence-corrected chi connectivity index (χ2v) is 8.17. The standard InChI is InChI=1S/C23H18N2O2S2/c1-2-13-25-22(27)20-18(16-9-5-3-6-10-16)14-28-21(20)24-23(25)29-15-19(26)17-11-7-4-8-12-17/h2-12,14H,1,13,15H2. The zero-order chi connectivity index (χ0) is 20.2. The lowest BCUT2D eigenvalue weighted by molar-refractivity contribution is 0.102. The van der Waals surface area contributed by atoms with Gasteiger partial charge in [0.1, 0.15) is 4.83 Å². The Morgan fingerprint density at radius 1 is 1.10 bits per heavy atom. The van der Waals surface area contributed by atoms with Crippen molar-refractivity contribution in [3.63, 3.8) is 0 Å². The van der Waals surface area contributed by atoms with E-state index in [4.69, 9.17) is 4.98 Å². The minimum Gasteiger partial charge on any atom is -0.293 e. The van der Waals surface area contributed by atoms with E-state index in [0.717, 1.165) is 11.1 Å². The van der Waals surface area contributed by atoms with Gasteiger partial charge in [-0.15, -0.1) is 17.9 Å². The van der Waals surface area contributed by atoms with Gasteiger partial charge in [0.05, 0.1) is 11.1 Å². The molecule has 0 radical (unpaired) electrons. The minimum absolute atomic E-state index is 0.00579. The highest BCUT2D eigenvalue weighted by atomic mass is 32.2. The molecule has 144 valence electrons. The van der Waals surface area contributed by atoms with Crippen molar-refractivity contribution in [2.75, 3.05) is 5.75 Å². The summed E-state index contributed by atoms with van der Waals surface area (Å²) in [6.07, 6.45) is 1.67. The number of benzene rings is 2. The third-order valence-corrected chi connectivity index (χ3v) is 6.33. The van der Waals surface area contributed by atoms with Crippen molar-refractivity contribution in [1.29, 1.82) is 0 Å². The predicted molar refractivity (Wildman–Crippen MR) is 121 cm³/mol. The molecule has 0 atom stereocenters. The third kappa shape index (κ3) is 3.95. The highest BCUT2D eigenvalue weighted by Crippen LogP contribution is 2.32. The molecule has 0 fully saturated rings. The van der Waals surface area contributed by atoms with Crippen molar-refractivity contribution in [3.8, 4) is 11.1 Å². The number of thiophene rings is 1. The van der Waals surface area contributed by atoms with E-state index < -0.39 is 0 Å². The molecule has 6 heteroatoms. The Morgan fingerprint density at radius 2 is 1.79 bits per heavy atom. The van der Waals surface area contributed by atoms with Gasteiger partial charge in [0.15, 0.2) is 10.9 Å². The summed E-state index contributed by atoms with van der Waals surface area (Å²) in [5.74, 6) is 0.224. The molecule has 0 aliphatic carbocycles. The Balaban J connectivity index is 1.73. The summed E-state index contributed by atoms with van der Waals surface area (Å²) >= 11 is 2.73. The Kier molecular flexibility index (Phi) is 5.74. The summed E-state index contributed by atoms with van der Waals surface area (Å²) in [5.41, 5.74) is 2.42. The number of allylic oxidation sites excluding steroid dienone is 1. The fourth-order valence-corrected chi connectivity index (χ4v) is 4.97. The first-order valence-corrected chi connectivity index (χ1v) is 10.9. The van der Waals surface area contributed by atoms with E-state index in [1.165, 1.54) is 23.1 Å². The van der Waals surface area contributed by atoms with Crippen molar-refractivity contribution in [2.45, 2.75) is 11.7 Å². The number of rotatable bonds is 7. The first-order chi connectivity index (χ1) is 14.2. The highest BCUT2D eigenvalue weighted by Gasteiger charge is 2.18. The van der Waals surface area contributed by atoms with Crippen molar-refractivity contribution < 1.29 is 4.79 Å².